The Bertz CT molecular complexity index is 533. The molecule has 6 atom stereocenters. The number of carbonyl (C=O) groups is 4. The van der Waals surface area contributed by atoms with Gasteiger partial charge in [0, 0.05) is 13.1 Å². The van der Waals surface area contributed by atoms with Crippen molar-refractivity contribution in [3.05, 3.63) is 0 Å². The van der Waals surface area contributed by atoms with Crippen LogP contribution >= 0.6 is 0 Å². The molecule has 0 spiro atoms. The summed E-state index contributed by atoms with van der Waals surface area (Å²) in [5.74, 6) is -3.88. The normalized spacial score (nSPS) is 39.3. The number of hydrogen-bond donors (Lipinski definition) is 6. The van der Waals surface area contributed by atoms with E-state index in [2.05, 4.69) is 21.6 Å². The molecular weight excluding hydrogens is 328 g/mol. The van der Waals surface area contributed by atoms with Gasteiger partial charge >= 0.3 is 11.9 Å². The fourth-order valence-electron chi connectivity index (χ4n) is 3.18. The molecule has 0 aromatic rings. The molecule has 0 radical (unpaired) electrons. The third-order valence-electron chi connectivity index (χ3n) is 4.36. The van der Waals surface area contributed by atoms with E-state index in [0.29, 0.717) is 13.1 Å². The van der Waals surface area contributed by atoms with Crippen LogP contribution in [-0.4, -0.2) is 71.3 Å². The zero-order valence-corrected chi connectivity index (χ0v) is 12.2. The largest absolute Gasteiger partial charge is 0.480 e. The summed E-state index contributed by atoms with van der Waals surface area (Å²) >= 11 is 0. The summed E-state index contributed by atoms with van der Waals surface area (Å²) in [6.07, 6.45) is -0.669. The van der Waals surface area contributed by atoms with E-state index in [1.165, 1.54) is 0 Å². The minimum Gasteiger partial charge on any atom is -0.480 e. The zero-order chi connectivity index (χ0) is 17.4. The molecule has 4 rings (SSSR count). The first-order valence-electron chi connectivity index (χ1n) is 7.23. The fourth-order valence-corrected chi connectivity index (χ4v) is 3.18. The third-order valence-corrected chi connectivity index (χ3v) is 4.36. The molecule has 0 aromatic heterocycles. The van der Waals surface area contributed by atoms with Crippen molar-refractivity contribution >= 4 is 23.8 Å². The summed E-state index contributed by atoms with van der Waals surface area (Å²) in [4.78, 5) is 52.9. The van der Waals surface area contributed by atoms with Crippen LogP contribution in [0.1, 0.15) is 0 Å². The summed E-state index contributed by atoms with van der Waals surface area (Å²) in [5.41, 5.74) is 4.33. The van der Waals surface area contributed by atoms with Crippen LogP contribution in [0.5, 0.6) is 0 Å². The van der Waals surface area contributed by atoms with Crippen LogP contribution in [-0.2, 0) is 28.9 Å². The molecule has 4 aliphatic heterocycles. The molecule has 0 aliphatic carbocycles. The molecule has 4 fully saturated rings. The minimum absolute atomic E-state index is 0.335. The molecule has 4 heterocycles. The smallest absolute Gasteiger partial charge is 0.321 e. The van der Waals surface area contributed by atoms with Gasteiger partial charge in [0.2, 0.25) is 0 Å². The maximum atomic E-state index is 11.0. The van der Waals surface area contributed by atoms with E-state index in [0.717, 1.165) is 0 Å². The number of aliphatic carboxylic acids is 2. The topological polar surface area (TPSA) is 175 Å². The number of fused-ring (bicyclic) bond motifs is 2. The second-order valence-corrected chi connectivity index (χ2v) is 5.75. The molecule has 12 heteroatoms. The monoisotopic (exact) mass is 344 g/mol. The lowest BCUT2D eigenvalue weighted by molar-refractivity contribution is -0.142. The van der Waals surface area contributed by atoms with Gasteiger partial charge in [0.25, 0.3) is 11.8 Å². The molecule has 6 unspecified atom stereocenters. The summed E-state index contributed by atoms with van der Waals surface area (Å²) < 4.78 is 0. The Kier molecular flexibility index (Phi) is 4.36. The van der Waals surface area contributed by atoms with Gasteiger partial charge in [0.05, 0.1) is 11.8 Å². The second-order valence-electron chi connectivity index (χ2n) is 5.75. The number of hydrogen-bond acceptors (Lipinski definition) is 8. The van der Waals surface area contributed by atoms with E-state index in [-0.39, 0.29) is 24.0 Å². The van der Waals surface area contributed by atoms with E-state index in [9.17, 15) is 19.2 Å². The Balaban J connectivity index is 0.000000141. The molecule has 0 saturated carbocycles. The third kappa shape index (κ3) is 2.80. The van der Waals surface area contributed by atoms with E-state index in [1.54, 1.807) is 0 Å². The van der Waals surface area contributed by atoms with Crippen LogP contribution in [0.25, 0.3) is 0 Å². The van der Waals surface area contributed by atoms with Gasteiger partial charge < -0.3 is 20.8 Å². The van der Waals surface area contributed by atoms with E-state index in [4.69, 9.17) is 19.9 Å². The van der Waals surface area contributed by atoms with Gasteiger partial charge in [0.15, 0.2) is 0 Å². The van der Waals surface area contributed by atoms with Crippen molar-refractivity contribution in [2.45, 2.75) is 24.3 Å². The van der Waals surface area contributed by atoms with E-state index in [1.807, 2.05) is 0 Å². The molecule has 6 N–H and O–H groups in total. The van der Waals surface area contributed by atoms with Gasteiger partial charge in [-0.05, 0) is 0 Å². The second kappa shape index (κ2) is 6.32. The van der Waals surface area contributed by atoms with Crippen LogP contribution in [0, 0.1) is 11.8 Å². The highest BCUT2D eigenvalue weighted by Gasteiger charge is 2.50. The summed E-state index contributed by atoms with van der Waals surface area (Å²) in [6, 6.07) is -1.62. The Morgan fingerprint density at radius 3 is 1.54 bits per heavy atom. The molecule has 12 nitrogen and oxygen atoms in total. The van der Waals surface area contributed by atoms with E-state index < -0.39 is 35.9 Å². The highest BCUT2D eigenvalue weighted by atomic mass is 16.7. The average molecular weight is 344 g/mol. The first-order valence-corrected chi connectivity index (χ1v) is 7.23. The lowest BCUT2D eigenvalue weighted by Gasteiger charge is -2.08. The lowest BCUT2D eigenvalue weighted by atomic mass is 9.99. The van der Waals surface area contributed by atoms with E-state index >= 15 is 0 Å². The maximum absolute atomic E-state index is 11.0. The summed E-state index contributed by atoms with van der Waals surface area (Å²) in [5, 5.41) is 22.8. The van der Waals surface area contributed by atoms with Gasteiger partial charge in [0.1, 0.15) is 24.3 Å². The molecule has 132 valence electrons. The number of amides is 2. The van der Waals surface area contributed by atoms with Crippen LogP contribution in [0.2, 0.25) is 0 Å². The first-order chi connectivity index (χ1) is 11.4. The van der Waals surface area contributed by atoms with Gasteiger partial charge in [-0.1, -0.05) is 0 Å². The van der Waals surface area contributed by atoms with Gasteiger partial charge in [-0.3, -0.25) is 28.9 Å². The number of nitrogens with one attached hydrogen (secondary N) is 4. The van der Waals surface area contributed by atoms with Crippen molar-refractivity contribution < 1.29 is 39.1 Å². The van der Waals surface area contributed by atoms with Crippen molar-refractivity contribution in [3.8, 4) is 0 Å². The van der Waals surface area contributed by atoms with Gasteiger partial charge in [-0.15, -0.1) is 0 Å². The highest BCUT2D eigenvalue weighted by molar-refractivity contribution is 5.89. The van der Waals surface area contributed by atoms with Crippen molar-refractivity contribution in [1.82, 2.24) is 21.6 Å². The standard InChI is InChI=1S/2C6H8N2O4/c2*9-5-3-2(12-8-5)1-7-4(3)6(10)11/h2*2-4,7H,1H2,(H,8,9)(H,10,11). The van der Waals surface area contributed by atoms with Crippen LogP contribution in [0.4, 0.5) is 0 Å². The van der Waals surface area contributed by atoms with Crippen molar-refractivity contribution in [2.75, 3.05) is 13.1 Å². The lowest BCUT2D eigenvalue weighted by Crippen LogP contribution is -2.40. The van der Waals surface area contributed by atoms with Crippen LogP contribution in [0.15, 0.2) is 0 Å². The predicted octanol–water partition coefficient (Wildman–Crippen LogP) is -3.82. The first kappa shape index (κ1) is 16.6. The number of carbonyl (C=O) groups excluding carboxylic acids is 2. The van der Waals surface area contributed by atoms with Crippen molar-refractivity contribution in [3.63, 3.8) is 0 Å². The number of hydroxylamine groups is 2. The Morgan fingerprint density at radius 2 is 1.21 bits per heavy atom. The number of rotatable bonds is 2. The Hall–Kier alpha value is -2.28. The fraction of sp³-hybridized carbons (Fsp3) is 0.667. The zero-order valence-electron chi connectivity index (χ0n) is 12.2. The average Bonchev–Trinajstić information content (AvgIpc) is 3.24. The Labute approximate surface area is 134 Å². The summed E-state index contributed by atoms with van der Waals surface area (Å²) in [6.45, 7) is 0.806. The van der Waals surface area contributed by atoms with Gasteiger partial charge in [-0.2, -0.15) is 0 Å². The van der Waals surface area contributed by atoms with Crippen LogP contribution in [0.3, 0.4) is 0 Å². The molecule has 4 saturated heterocycles. The molecule has 4 aliphatic rings. The summed E-state index contributed by atoms with van der Waals surface area (Å²) in [7, 11) is 0. The Morgan fingerprint density at radius 1 is 0.833 bits per heavy atom. The van der Waals surface area contributed by atoms with Crippen molar-refractivity contribution in [1.29, 1.82) is 0 Å². The van der Waals surface area contributed by atoms with Crippen LogP contribution < -0.4 is 21.6 Å². The maximum Gasteiger partial charge on any atom is 0.321 e. The van der Waals surface area contributed by atoms with Crippen molar-refractivity contribution in [2.24, 2.45) is 11.8 Å². The molecule has 0 aromatic carbocycles. The minimum atomic E-state index is -1.01. The molecule has 2 amide bonds. The molecule has 0 bridgehead atoms. The quantitative estimate of drug-likeness (QED) is 0.291. The predicted molar refractivity (Wildman–Crippen MR) is 71.9 cm³/mol. The molecular formula is C12H16N4O8. The SMILES string of the molecule is O=C(O)C1NCC2ONC(=O)C21.O=C(O)C1NCC2ONC(=O)C21. The number of carboxylic acids is 2. The number of carboxylic acid groups (broad SMARTS) is 2. The highest BCUT2D eigenvalue weighted by Crippen LogP contribution is 2.24. The van der Waals surface area contributed by atoms with Gasteiger partial charge in [-0.25, -0.2) is 11.0 Å². The molecule has 24 heavy (non-hydrogen) atoms.